The molecule has 0 amide bonds. The Hall–Kier alpha value is -0.560. The van der Waals surface area contributed by atoms with Crippen LogP contribution in [-0.2, 0) is 0 Å². The van der Waals surface area contributed by atoms with Gasteiger partial charge < -0.3 is 0 Å². The van der Waals surface area contributed by atoms with Crippen LogP contribution in [-0.4, -0.2) is 0 Å². The second-order valence-corrected chi connectivity index (χ2v) is 5.26. The topological polar surface area (TPSA) is 0 Å². The lowest BCUT2D eigenvalue weighted by Crippen LogP contribution is -1.98. The van der Waals surface area contributed by atoms with Crippen LogP contribution < -0.4 is 0 Å². The van der Waals surface area contributed by atoms with Crippen molar-refractivity contribution in [2.24, 2.45) is 17.8 Å². The summed E-state index contributed by atoms with van der Waals surface area (Å²) >= 11 is 6.44. The Labute approximate surface area is 94.4 Å². The van der Waals surface area contributed by atoms with E-state index in [4.69, 9.17) is 11.6 Å². The molecule has 2 aliphatic rings. The van der Waals surface area contributed by atoms with Gasteiger partial charge in [-0.15, -0.1) is 11.6 Å². The van der Waals surface area contributed by atoms with Crippen LogP contribution >= 0.6 is 11.6 Å². The molecule has 0 nitrogen and oxygen atoms in total. The molecule has 2 saturated carbocycles. The zero-order valence-corrected chi connectivity index (χ0v) is 9.25. The molecule has 15 heavy (non-hydrogen) atoms. The summed E-state index contributed by atoms with van der Waals surface area (Å²) in [4.78, 5) is 0. The van der Waals surface area contributed by atoms with Crippen molar-refractivity contribution in [1.29, 1.82) is 0 Å². The van der Waals surface area contributed by atoms with Crippen LogP contribution in [0.4, 0.5) is 4.39 Å². The molecular weight excluding hydrogens is 211 g/mol. The first kappa shape index (κ1) is 9.65. The van der Waals surface area contributed by atoms with Gasteiger partial charge in [0.15, 0.2) is 0 Å². The smallest absolute Gasteiger partial charge is 0.123 e. The van der Waals surface area contributed by atoms with Crippen molar-refractivity contribution >= 4 is 11.6 Å². The fraction of sp³-hybridized carbons (Fsp3) is 0.538. The van der Waals surface area contributed by atoms with E-state index in [-0.39, 0.29) is 11.2 Å². The van der Waals surface area contributed by atoms with E-state index < -0.39 is 0 Å². The Bertz CT molecular complexity index is 349. The molecule has 3 atom stereocenters. The molecular formula is C13H14ClF. The maximum atomic E-state index is 12.8. The molecule has 3 rings (SSSR count). The van der Waals surface area contributed by atoms with Crippen LogP contribution in [0.3, 0.4) is 0 Å². The standard InChI is InChI=1S/C13H14ClF/c14-13(8-4-6-9(15)7-5-8)12-10-2-1-3-11(10)12/h4-7,10-13H,1-3H2. The molecule has 0 radical (unpaired) electrons. The zero-order valence-electron chi connectivity index (χ0n) is 8.50. The number of alkyl halides is 1. The third kappa shape index (κ3) is 1.57. The minimum absolute atomic E-state index is 0.0981. The molecule has 0 heterocycles. The normalized spacial score (nSPS) is 34.9. The Kier molecular flexibility index (Phi) is 2.24. The molecule has 0 bridgehead atoms. The zero-order chi connectivity index (χ0) is 10.4. The largest absolute Gasteiger partial charge is 0.207 e. The second-order valence-electron chi connectivity index (χ2n) is 4.79. The molecule has 2 aliphatic carbocycles. The lowest BCUT2D eigenvalue weighted by atomic mass is 10.0. The number of hydrogen-bond acceptors (Lipinski definition) is 0. The molecule has 3 unspecified atom stereocenters. The Morgan fingerprint density at radius 2 is 1.73 bits per heavy atom. The van der Waals surface area contributed by atoms with Gasteiger partial charge in [-0.1, -0.05) is 18.6 Å². The van der Waals surface area contributed by atoms with Crippen molar-refractivity contribution < 1.29 is 4.39 Å². The first-order chi connectivity index (χ1) is 7.27. The van der Waals surface area contributed by atoms with E-state index in [9.17, 15) is 4.39 Å². The van der Waals surface area contributed by atoms with Crippen molar-refractivity contribution in [1.82, 2.24) is 0 Å². The summed E-state index contributed by atoms with van der Waals surface area (Å²) in [6, 6.07) is 6.65. The Balaban J connectivity index is 1.75. The number of rotatable bonds is 2. The fourth-order valence-electron chi connectivity index (χ4n) is 3.18. The first-order valence-corrected chi connectivity index (χ1v) is 6.10. The fourth-order valence-corrected chi connectivity index (χ4v) is 3.70. The van der Waals surface area contributed by atoms with Crippen LogP contribution in [0.25, 0.3) is 0 Å². The van der Waals surface area contributed by atoms with Crippen LogP contribution in [0, 0.1) is 23.6 Å². The van der Waals surface area contributed by atoms with Crippen LogP contribution in [0.5, 0.6) is 0 Å². The number of fused-ring (bicyclic) bond motifs is 1. The molecule has 0 saturated heterocycles. The summed E-state index contributed by atoms with van der Waals surface area (Å²) in [6.07, 6.45) is 4.07. The van der Waals surface area contributed by atoms with E-state index in [2.05, 4.69) is 0 Å². The van der Waals surface area contributed by atoms with Gasteiger partial charge in [-0.2, -0.15) is 0 Å². The summed E-state index contributed by atoms with van der Waals surface area (Å²) in [5, 5.41) is 0.0981. The maximum Gasteiger partial charge on any atom is 0.123 e. The number of hydrogen-bond donors (Lipinski definition) is 0. The minimum atomic E-state index is -0.182. The SMILES string of the molecule is Fc1ccc(C(Cl)C2C3CCCC32)cc1. The summed E-state index contributed by atoms with van der Waals surface area (Å²) in [5.41, 5.74) is 1.08. The molecule has 2 fully saturated rings. The quantitative estimate of drug-likeness (QED) is 0.662. The van der Waals surface area contributed by atoms with Gasteiger partial charge in [0.25, 0.3) is 0 Å². The predicted octanol–water partition coefficient (Wildman–Crippen LogP) is 4.15. The molecule has 1 aromatic carbocycles. The van der Waals surface area contributed by atoms with E-state index in [0.717, 1.165) is 17.4 Å². The van der Waals surface area contributed by atoms with Gasteiger partial charge in [-0.3, -0.25) is 0 Å². The molecule has 1 aromatic rings. The average molecular weight is 225 g/mol. The number of halogens is 2. The molecule has 0 spiro atoms. The predicted molar refractivity (Wildman–Crippen MR) is 59.3 cm³/mol. The summed E-state index contributed by atoms with van der Waals surface area (Å²) in [7, 11) is 0. The Morgan fingerprint density at radius 3 is 2.33 bits per heavy atom. The lowest BCUT2D eigenvalue weighted by Gasteiger charge is -2.11. The molecule has 2 heteroatoms. The average Bonchev–Trinajstić information content (AvgIpc) is 2.72. The lowest BCUT2D eigenvalue weighted by molar-refractivity contribution is 0.572. The molecule has 80 valence electrons. The van der Waals surface area contributed by atoms with Gasteiger partial charge in [0.2, 0.25) is 0 Å². The highest BCUT2D eigenvalue weighted by Gasteiger charge is 2.55. The van der Waals surface area contributed by atoms with Gasteiger partial charge in [0, 0.05) is 0 Å². The van der Waals surface area contributed by atoms with Gasteiger partial charge in [0.1, 0.15) is 5.82 Å². The van der Waals surface area contributed by atoms with Gasteiger partial charge >= 0.3 is 0 Å². The summed E-state index contributed by atoms with van der Waals surface area (Å²) in [5.74, 6) is 2.19. The van der Waals surface area contributed by atoms with Crippen molar-refractivity contribution in [3.63, 3.8) is 0 Å². The van der Waals surface area contributed by atoms with E-state index in [1.165, 1.54) is 31.4 Å². The van der Waals surface area contributed by atoms with Crippen LogP contribution in [0.15, 0.2) is 24.3 Å². The molecule has 0 N–H and O–H groups in total. The number of benzene rings is 1. The second kappa shape index (κ2) is 3.48. The first-order valence-electron chi connectivity index (χ1n) is 5.67. The van der Waals surface area contributed by atoms with Crippen molar-refractivity contribution in [2.45, 2.75) is 24.6 Å². The van der Waals surface area contributed by atoms with Gasteiger partial charge in [-0.25, -0.2) is 4.39 Å². The summed E-state index contributed by atoms with van der Waals surface area (Å²) < 4.78 is 12.8. The van der Waals surface area contributed by atoms with Gasteiger partial charge in [-0.05, 0) is 48.3 Å². The summed E-state index contributed by atoms with van der Waals surface area (Å²) in [6.45, 7) is 0. The minimum Gasteiger partial charge on any atom is -0.207 e. The maximum absolute atomic E-state index is 12.8. The van der Waals surface area contributed by atoms with Crippen molar-refractivity contribution in [3.05, 3.63) is 35.6 Å². The highest BCUT2D eigenvalue weighted by atomic mass is 35.5. The highest BCUT2D eigenvalue weighted by molar-refractivity contribution is 6.21. The third-order valence-electron chi connectivity index (χ3n) is 4.00. The van der Waals surface area contributed by atoms with E-state index in [0.29, 0.717) is 5.92 Å². The monoisotopic (exact) mass is 224 g/mol. The van der Waals surface area contributed by atoms with E-state index in [1.807, 2.05) is 12.1 Å². The van der Waals surface area contributed by atoms with Gasteiger partial charge in [0.05, 0.1) is 5.38 Å². The van der Waals surface area contributed by atoms with Crippen molar-refractivity contribution in [3.8, 4) is 0 Å². The van der Waals surface area contributed by atoms with Crippen LogP contribution in [0.1, 0.15) is 30.2 Å². The third-order valence-corrected chi connectivity index (χ3v) is 4.54. The van der Waals surface area contributed by atoms with E-state index >= 15 is 0 Å². The Morgan fingerprint density at radius 1 is 1.13 bits per heavy atom. The highest BCUT2D eigenvalue weighted by Crippen LogP contribution is 2.63. The van der Waals surface area contributed by atoms with Crippen LogP contribution in [0.2, 0.25) is 0 Å². The molecule has 0 aliphatic heterocycles. The molecule has 0 aromatic heterocycles. The van der Waals surface area contributed by atoms with E-state index in [1.54, 1.807) is 0 Å². The van der Waals surface area contributed by atoms with Crippen molar-refractivity contribution in [2.75, 3.05) is 0 Å².